The highest BCUT2D eigenvalue weighted by Crippen LogP contribution is 2.24. The van der Waals surface area contributed by atoms with Crippen molar-refractivity contribution in [2.24, 2.45) is 0 Å². The van der Waals surface area contributed by atoms with E-state index in [0.717, 1.165) is 10.9 Å². The number of nitrogens with two attached hydrogens (primary N) is 1. The highest BCUT2D eigenvalue weighted by Gasteiger charge is 2.18. The van der Waals surface area contributed by atoms with Gasteiger partial charge in [-0.15, -0.1) is 11.3 Å². The first-order valence-electron chi connectivity index (χ1n) is 5.30. The number of aryl methyl sites for hydroxylation is 2. The molecular weight excluding hydrogens is 289 g/mol. The van der Waals surface area contributed by atoms with Crippen molar-refractivity contribution in [2.75, 3.05) is 10.5 Å². The van der Waals surface area contributed by atoms with Crippen LogP contribution in [0.3, 0.4) is 0 Å². The number of hydrogen-bond acceptors (Lipinski definition) is 5. The molecular formula is C11H12FN3O2S2. The van der Waals surface area contributed by atoms with Crippen molar-refractivity contribution in [3.05, 3.63) is 34.6 Å². The van der Waals surface area contributed by atoms with E-state index in [4.69, 9.17) is 5.73 Å². The van der Waals surface area contributed by atoms with Crippen LogP contribution in [0.1, 0.15) is 10.4 Å². The van der Waals surface area contributed by atoms with Gasteiger partial charge in [-0.05, 0) is 31.5 Å². The molecule has 0 aliphatic rings. The molecule has 0 radical (unpaired) electrons. The van der Waals surface area contributed by atoms with Gasteiger partial charge in [-0.3, -0.25) is 4.72 Å². The lowest BCUT2D eigenvalue weighted by atomic mass is 10.2. The van der Waals surface area contributed by atoms with Crippen LogP contribution in [-0.2, 0) is 10.0 Å². The van der Waals surface area contributed by atoms with E-state index in [9.17, 15) is 12.8 Å². The van der Waals surface area contributed by atoms with E-state index in [2.05, 4.69) is 9.71 Å². The van der Waals surface area contributed by atoms with E-state index >= 15 is 0 Å². The summed E-state index contributed by atoms with van der Waals surface area (Å²) in [5.74, 6) is -0.607. The Morgan fingerprint density at radius 2 is 2.05 bits per heavy atom. The third-order valence-corrected chi connectivity index (χ3v) is 4.69. The quantitative estimate of drug-likeness (QED) is 0.852. The predicted molar refractivity (Wildman–Crippen MR) is 73.2 cm³/mol. The first-order valence-corrected chi connectivity index (χ1v) is 7.60. The number of halogens is 1. The Hall–Kier alpha value is -1.67. The van der Waals surface area contributed by atoms with Crippen LogP contribution in [-0.4, -0.2) is 13.4 Å². The van der Waals surface area contributed by atoms with Gasteiger partial charge in [-0.25, -0.2) is 17.8 Å². The lowest BCUT2D eigenvalue weighted by Gasteiger charge is -2.08. The summed E-state index contributed by atoms with van der Waals surface area (Å²) >= 11 is 1.21. The van der Waals surface area contributed by atoms with E-state index < -0.39 is 15.8 Å². The number of sulfonamides is 1. The summed E-state index contributed by atoms with van der Waals surface area (Å²) in [6.07, 6.45) is 1.56. The van der Waals surface area contributed by atoms with E-state index in [0.29, 0.717) is 0 Å². The van der Waals surface area contributed by atoms with Crippen LogP contribution in [0, 0.1) is 19.7 Å². The molecule has 102 valence electrons. The highest BCUT2D eigenvalue weighted by molar-refractivity contribution is 7.93. The molecule has 8 heteroatoms. The monoisotopic (exact) mass is 301 g/mol. The molecule has 0 bridgehead atoms. The smallest absolute Gasteiger partial charge is 0.263 e. The molecule has 19 heavy (non-hydrogen) atoms. The largest absolute Gasteiger partial charge is 0.396 e. The van der Waals surface area contributed by atoms with Crippen LogP contribution in [0.25, 0.3) is 0 Å². The predicted octanol–water partition coefficient (Wildman–Crippen LogP) is 2.28. The van der Waals surface area contributed by atoms with Gasteiger partial charge in [0.1, 0.15) is 5.82 Å². The fraction of sp³-hybridized carbons (Fsp3) is 0.182. The number of hydrogen-bond donors (Lipinski definition) is 2. The Labute approximate surface area is 114 Å². The Morgan fingerprint density at radius 3 is 2.58 bits per heavy atom. The third-order valence-electron chi connectivity index (χ3n) is 2.41. The number of anilines is 2. The van der Waals surface area contributed by atoms with E-state index in [1.807, 2.05) is 6.92 Å². The van der Waals surface area contributed by atoms with E-state index in [1.54, 1.807) is 6.20 Å². The van der Waals surface area contributed by atoms with Crippen molar-refractivity contribution < 1.29 is 12.8 Å². The van der Waals surface area contributed by atoms with Crippen molar-refractivity contribution in [3.8, 4) is 0 Å². The lowest BCUT2D eigenvalue weighted by molar-refractivity contribution is 0.599. The van der Waals surface area contributed by atoms with Gasteiger partial charge in [0, 0.05) is 11.1 Å². The molecule has 1 heterocycles. The maximum atomic E-state index is 13.4. The normalized spacial score (nSPS) is 11.5. The van der Waals surface area contributed by atoms with Gasteiger partial charge in [-0.2, -0.15) is 0 Å². The molecule has 0 atom stereocenters. The number of nitrogens with zero attached hydrogens (tertiary/aromatic N) is 1. The molecule has 5 nitrogen and oxygen atoms in total. The summed E-state index contributed by atoms with van der Waals surface area (Å²) in [7, 11) is -3.81. The van der Waals surface area contributed by atoms with E-state index in [-0.39, 0.29) is 21.3 Å². The van der Waals surface area contributed by atoms with E-state index in [1.165, 1.54) is 24.3 Å². The Morgan fingerprint density at radius 1 is 1.37 bits per heavy atom. The van der Waals surface area contributed by atoms with Gasteiger partial charge in [0.2, 0.25) is 0 Å². The number of nitrogen functional groups attached to an aromatic ring is 1. The van der Waals surface area contributed by atoms with Crippen LogP contribution < -0.4 is 10.5 Å². The van der Waals surface area contributed by atoms with Crippen molar-refractivity contribution >= 4 is 32.2 Å². The Balaban J connectivity index is 2.40. The molecule has 2 aromatic rings. The van der Waals surface area contributed by atoms with Gasteiger partial charge in [-0.1, -0.05) is 0 Å². The van der Waals surface area contributed by atoms with Gasteiger partial charge >= 0.3 is 0 Å². The average molecular weight is 301 g/mol. The molecule has 3 N–H and O–H groups in total. The van der Waals surface area contributed by atoms with Crippen LogP contribution in [0.4, 0.5) is 15.2 Å². The minimum Gasteiger partial charge on any atom is -0.396 e. The fourth-order valence-electron chi connectivity index (χ4n) is 1.49. The van der Waals surface area contributed by atoms with Crippen molar-refractivity contribution in [2.45, 2.75) is 18.7 Å². The maximum Gasteiger partial charge on any atom is 0.263 e. The van der Waals surface area contributed by atoms with Crippen molar-refractivity contribution in [1.29, 1.82) is 0 Å². The van der Waals surface area contributed by atoms with Crippen LogP contribution in [0.15, 0.2) is 23.2 Å². The summed E-state index contributed by atoms with van der Waals surface area (Å²) < 4.78 is 39.9. The minimum atomic E-state index is -3.81. The van der Waals surface area contributed by atoms with Gasteiger partial charge in [0.05, 0.1) is 10.6 Å². The molecule has 0 spiro atoms. The number of thiazole rings is 1. The first kappa shape index (κ1) is 13.8. The lowest BCUT2D eigenvalue weighted by Crippen LogP contribution is -2.13. The fourth-order valence-corrected chi connectivity index (χ4v) is 3.52. The van der Waals surface area contributed by atoms with Crippen molar-refractivity contribution in [1.82, 2.24) is 4.98 Å². The standard InChI is InChI=1S/C11H12FN3O2S2/c1-6-3-8(4-9(13)10(6)12)19(16,17)15-11-14-5-7(2)18-11/h3-5H,13H2,1-2H3,(H,14,15). The van der Waals surface area contributed by atoms with Crippen LogP contribution in [0.5, 0.6) is 0 Å². The maximum absolute atomic E-state index is 13.4. The number of rotatable bonds is 3. The summed E-state index contributed by atoms with van der Waals surface area (Å²) in [5, 5.41) is 0.262. The molecule has 1 aromatic carbocycles. The number of benzene rings is 1. The van der Waals surface area contributed by atoms with Gasteiger partial charge in [0.15, 0.2) is 5.13 Å². The molecule has 0 saturated carbocycles. The highest BCUT2D eigenvalue weighted by atomic mass is 32.2. The second-order valence-corrected chi connectivity index (χ2v) is 6.94. The first-order chi connectivity index (χ1) is 8.79. The number of aromatic nitrogens is 1. The molecule has 1 aromatic heterocycles. The van der Waals surface area contributed by atoms with Gasteiger partial charge in [0.25, 0.3) is 10.0 Å². The third kappa shape index (κ3) is 2.85. The van der Waals surface area contributed by atoms with Gasteiger partial charge < -0.3 is 5.73 Å². The molecule has 0 aliphatic carbocycles. The summed E-state index contributed by atoms with van der Waals surface area (Å²) in [6, 6.07) is 2.32. The zero-order valence-corrected chi connectivity index (χ0v) is 11.9. The van der Waals surface area contributed by atoms with Crippen molar-refractivity contribution in [3.63, 3.8) is 0 Å². The second-order valence-electron chi connectivity index (χ2n) is 4.02. The molecule has 0 saturated heterocycles. The molecule has 0 aliphatic heterocycles. The average Bonchev–Trinajstić information content (AvgIpc) is 2.70. The van der Waals surface area contributed by atoms with Crippen LogP contribution in [0.2, 0.25) is 0 Å². The summed E-state index contributed by atoms with van der Waals surface area (Å²) in [4.78, 5) is 4.71. The Kier molecular flexibility index (Phi) is 3.46. The topological polar surface area (TPSA) is 85.1 Å². The molecule has 0 amide bonds. The Bertz CT molecular complexity index is 702. The summed E-state index contributed by atoms with van der Waals surface area (Å²) in [6.45, 7) is 3.27. The SMILES string of the molecule is Cc1cnc(NS(=O)(=O)c2cc(C)c(F)c(N)c2)s1. The van der Waals surface area contributed by atoms with Crippen LogP contribution >= 0.6 is 11.3 Å². The number of nitrogens with one attached hydrogen (secondary N) is 1. The molecule has 0 fully saturated rings. The zero-order chi connectivity index (χ0) is 14.2. The zero-order valence-electron chi connectivity index (χ0n) is 10.3. The second kappa shape index (κ2) is 4.78. The molecule has 0 unspecified atom stereocenters. The minimum absolute atomic E-state index is 0.0863. The summed E-state index contributed by atoms with van der Waals surface area (Å²) in [5.41, 5.74) is 5.41. The molecule has 2 rings (SSSR count).